The van der Waals surface area contributed by atoms with Crippen molar-refractivity contribution >= 4 is 15.9 Å². The van der Waals surface area contributed by atoms with Crippen LogP contribution in [0.2, 0.25) is 0 Å². The monoisotopic (exact) mass is 236 g/mol. The van der Waals surface area contributed by atoms with Crippen LogP contribution in [-0.4, -0.2) is 18.5 Å². The zero-order chi connectivity index (χ0) is 9.07. The fourth-order valence-electron chi connectivity index (χ4n) is 1.03. The first-order valence-corrected chi connectivity index (χ1v) is 6.17. The number of rotatable bonds is 9. The van der Waals surface area contributed by atoms with Gasteiger partial charge >= 0.3 is 0 Å². The van der Waals surface area contributed by atoms with E-state index in [0.717, 1.165) is 18.5 Å². The van der Waals surface area contributed by atoms with Gasteiger partial charge in [0, 0.05) is 18.5 Å². The molecule has 0 unspecified atom stereocenters. The maximum Gasteiger partial charge on any atom is 0.0466 e. The number of hydrogen-bond acceptors (Lipinski definition) is 1. The van der Waals surface area contributed by atoms with E-state index in [4.69, 9.17) is 4.74 Å². The van der Waals surface area contributed by atoms with Crippen LogP contribution in [0.25, 0.3) is 0 Å². The second-order valence-corrected chi connectivity index (χ2v) is 3.86. The molecule has 0 aromatic carbocycles. The Bertz CT molecular complexity index is 66.2. The molecule has 0 fully saturated rings. The summed E-state index contributed by atoms with van der Waals surface area (Å²) >= 11 is 3.40. The normalized spacial score (nSPS) is 10.5. The maximum absolute atomic E-state index is 5.46. The van der Waals surface area contributed by atoms with Gasteiger partial charge in [0.1, 0.15) is 0 Å². The van der Waals surface area contributed by atoms with Crippen LogP contribution in [0.4, 0.5) is 0 Å². The zero-order valence-electron chi connectivity index (χ0n) is 8.15. The second-order valence-electron chi connectivity index (χ2n) is 3.07. The fourth-order valence-corrected chi connectivity index (χ4v) is 1.43. The average Bonchev–Trinajstić information content (AvgIpc) is 2.10. The molecule has 0 rings (SSSR count). The Hall–Kier alpha value is 0.440. The van der Waals surface area contributed by atoms with Crippen molar-refractivity contribution in [1.82, 2.24) is 0 Å². The molecule has 0 bridgehead atoms. The van der Waals surface area contributed by atoms with E-state index in [9.17, 15) is 0 Å². The third-order valence-electron chi connectivity index (χ3n) is 1.81. The van der Waals surface area contributed by atoms with E-state index in [1.807, 2.05) is 0 Å². The largest absolute Gasteiger partial charge is 0.381 e. The molecule has 0 spiro atoms. The summed E-state index contributed by atoms with van der Waals surface area (Å²) < 4.78 is 5.46. The standard InChI is InChI=1S/C10H21BrO/c1-2-3-4-6-9-12-10-7-5-8-11/h2-10H2,1H3. The van der Waals surface area contributed by atoms with E-state index < -0.39 is 0 Å². The van der Waals surface area contributed by atoms with Crippen molar-refractivity contribution in [2.24, 2.45) is 0 Å². The van der Waals surface area contributed by atoms with E-state index in [-0.39, 0.29) is 0 Å². The minimum Gasteiger partial charge on any atom is -0.381 e. The lowest BCUT2D eigenvalue weighted by atomic mass is 10.2. The summed E-state index contributed by atoms with van der Waals surface area (Å²) in [6.45, 7) is 4.14. The van der Waals surface area contributed by atoms with Gasteiger partial charge in [-0.15, -0.1) is 0 Å². The zero-order valence-corrected chi connectivity index (χ0v) is 9.74. The summed E-state index contributed by atoms with van der Waals surface area (Å²) in [7, 11) is 0. The maximum atomic E-state index is 5.46. The predicted octanol–water partition coefficient (Wildman–Crippen LogP) is 3.76. The average molecular weight is 237 g/mol. The van der Waals surface area contributed by atoms with E-state index >= 15 is 0 Å². The fraction of sp³-hybridized carbons (Fsp3) is 1.00. The lowest BCUT2D eigenvalue weighted by Gasteiger charge is -2.02. The van der Waals surface area contributed by atoms with Gasteiger partial charge in [0.15, 0.2) is 0 Å². The number of hydrogen-bond donors (Lipinski definition) is 0. The molecule has 0 saturated heterocycles. The summed E-state index contributed by atoms with van der Waals surface area (Å²) in [4.78, 5) is 0. The van der Waals surface area contributed by atoms with E-state index in [1.54, 1.807) is 0 Å². The Morgan fingerprint density at radius 3 is 2.17 bits per heavy atom. The van der Waals surface area contributed by atoms with Gasteiger partial charge in [-0.05, 0) is 19.3 Å². The molecular formula is C10H21BrO. The molecule has 0 aromatic rings. The highest BCUT2D eigenvalue weighted by Gasteiger charge is 1.89. The molecule has 0 radical (unpaired) electrons. The summed E-state index contributed by atoms with van der Waals surface area (Å²) in [5.74, 6) is 0. The van der Waals surface area contributed by atoms with Crippen molar-refractivity contribution in [3.8, 4) is 0 Å². The summed E-state index contributed by atoms with van der Waals surface area (Å²) in [5.41, 5.74) is 0. The summed E-state index contributed by atoms with van der Waals surface area (Å²) in [6.07, 6.45) is 7.65. The predicted molar refractivity (Wildman–Crippen MR) is 58.0 cm³/mol. The molecule has 2 heteroatoms. The van der Waals surface area contributed by atoms with Crippen LogP contribution < -0.4 is 0 Å². The minimum absolute atomic E-state index is 0.942. The number of ether oxygens (including phenoxy) is 1. The van der Waals surface area contributed by atoms with Gasteiger partial charge < -0.3 is 4.74 Å². The molecule has 12 heavy (non-hydrogen) atoms. The van der Waals surface area contributed by atoms with Gasteiger partial charge in [-0.1, -0.05) is 42.1 Å². The molecule has 0 aliphatic rings. The van der Waals surface area contributed by atoms with E-state index in [1.165, 1.54) is 38.5 Å². The highest BCUT2D eigenvalue weighted by Crippen LogP contribution is 2.00. The van der Waals surface area contributed by atoms with Crippen molar-refractivity contribution in [2.45, 2.75) is 45.4 Å². The van der Waals surface area contributed by atoms with Crippen molar-refractivity contribution < 1.29 is 4.74 Å². The van der Waals surface area contributed by atoms with Gasteiger partial charge in [0.05, 0.1) is 0 Å². The van der Waals surface area contributed by atoms with Crippen LogP contribution in [0.15, 0.2) is 0 Å². The molecule has 0 saturated carbocycles. The first kappa shape index (κ1) is 12.4. The third kappa shape index (κ3) is 10.4. The van der Waals surface area contributed by atoms with Crippen molar-refractivity contribution in [3.05, 3.63) is 0 Å². The lowest BCUT2D eigenvalue weighted by Crippen LogP contribution is -1.97. The van der Waals surface area contributed by atoms with Crippen LogP contribution in [0.1, 0.15) is 45.4 Å². The van der Waals surface area contributed by atoms with Gasteiger partial charge in [-0.2, -0.15) is 0 Å². The van der Waals surface area contributed by atoms with Crippen molar-refractivity contribution in [3.63, 3.8) is 0 Å². The van der Waals surface area contributed by atoms with Crippen LogP contribution in [0.3, 0.4) is 0 Å². The number of halogens is 1. The molecule has 0 aliphatic carbocycles. The highest BCUT2D eigenvalue weighted by atomic mass is 79.9. The number of unbranched alkanes of at least 4 members (excludes halogenated alkanes) is 4. The van der Waals surface area contributed by atoms with Crippen molar-refractivity contribution in [2.75, 3.05) is 18.5 Å². The van der Waals surface area contributed by atoms with Gasteiger partial charge in [0.25, 0.3) is 0 Å². The lowest BCUT2D eigenvalue weighted by molar-refractivity contribution is 0.127. The third-order valence-corrected chi connectivity index (χ3v) is 2.38. The Labute approximate surface area is 85.0 Å². The van der Waals surface area contributed by atoms with Crippen LogP contribution >= 0.6 is 15.9 Å². The van der Waals surface area contributed by atoms with E-state index in [0.29, 0.717) is 0 Å². The summed E-state index contributed by atoms with van der Waals surface area (Å²) in [5, 5.41) is 1.10. The Morgan fingerprint density at radius 1 is 0.917 bits per heavy atom. The molecule has 74 valence electrons. The van der Waals surface area contributed by atoms with Crippen molar-refractivity contribution in [1.29, 1.82) is 0 Å². The number of alkyl halides is 1. The molecule has 0 N–H and O–H groups in total. The van der Waals surface area contributed by atoms with Crippen LogP contribution in [0, 0.1) is 0 Å². The Morgan fingerprint density at radius 2 is 1.58 bits per heavy atom. The molecule has 0 atom stereocenters. The van der Waals surface area contributed by atoms with Gasteiger partial charge in [-0.3, -0.25) is 0 Å². The Kier molecular flexibility index (Phi) is 11.9. The molecule has 0 aliphatic heterocycles. The summed E-state index contributed by atoms with van der Waals surface area (Å²) in [6, 6.07) is 0. The minimum atomic E-state index is 0.942. The second kappa shape index (κ2) is 11.4. The van der Waals surface area contributed by atoms with E-state index in [2.05, 4.69) is 22.9 Å². The first-order chi connectivity index (χ1) is 5.91. The molecule has 0 amide bonds. The van der Waals surface area contributed by atoms with Crippen LogP contribution in [-0.2, 0) is 4.74 Å². The molecule has 0 aromatic heterocycles. The van der Waals surface area contributed by atoms with Crippen LogP contribution in [0.5, 0.6) is 0 Å². The topological polar surface area (TPSA) is 9.23 Å². The molecule has 0 heterocycles. The van der Waals surface area contributed by atoms with Gasteiger partial charge in [0.2, 0.25) is 0 Å². The SMILES string of the molecule is CCCCCCOCCCCBr. The highest BCUT2D eigenvalue weighted by molar-refractivity contribution is 9.09. The first-order valence-electron chi connectivity index (χ1n) is 5.05. The molecular weight excluding hydrogens is 216 g/mol. The smallest absolute Gasteiger partial charge is 0.0466 e. The quantitative estimate of drug-likeness (QED) is 0.438. The van der Waals surface area contributed by atoms with Gasteiger partial charge in [-0.25, -0.2) is 0 Å². The Balaban J connectivity index is 2.73. The molecule has 1 nitrogen and oxygen atoms in total.